The van der Waals surface area contributed by atoms with Crippen molar-refractivity contribution in [1.82, 2.24) is 0 Å². The van der Waals surface area contributed by atoms with E-state index < -0.39 is 43.4 Å². The fourth-order valence-electron chi connectivity index (χ4n) is 6.86. The lowest BCUT2D eigenvalue weighted by Gasteiger charge is -2.39. The van der Waals surface area contributed by atoms with E-state index in [1.807, 2.05) is 0 Å². The van der Waals surface area contributed by atoms with Crippen LogP contribution in [0.5, 0.6) is 0 Å². The normalized spacial score (nSPS) is 20.5. The summed E-state index contributed by atoms with van der Waals surface area (Å²) >= 11 is 0. The predicted octanol–water partition coefficient (Wildman–Crippen LogP) is 12.1. The molecule has 1 aliphatic heterocycles. The van der Waals surface area contributed by atoms with Gasteiger partial charge in [0.1, 0.15) is 30.5 Å². The van der Waals surface area contributed by atoms with Crippen molar-refractivity contribution in [3.63, 3.8) is 0 Å². The van der Waals surface area contributed by atoms with E-state index in [9.17, 15) is 25.2 Å². The highest BCUT2D eigenvalue weighted by Gasteiger charge is 2.44. The third kappa shape index (κ3) is 35.2. The first-order valence-corrected chi connectivity index (χ1v) is 25.0. The molecule has 1 fully saturated rings. The number of carbonyl (C=O) groups is 1. The number of allylic oxidation sites excluding steroid dienone is 18. The van der Waals surface area contributed by atoms with Gasteiger partial charge in [-0.05, 0) is 96.3 Å². The van der Waals surface area contributed by atoms with Crippen molar-refractivity contribution >= 4 is 5.97 Å². The second kappa shape index (κ2) is 45.0. The molecule has 6 atom stereocenters. The average Bonchev–Trinajstić information content (AvgIpc) is 3.30. The summed E-state index contributed by atoms with van der Waals surface area (Å²) in [6.07, 6.45) is 56.8. The largest absolute Gasteiger partial charge is 0.457 e. The molecule has 0 bridgehead atoms. The molecule has 9 nitrogen and oxygen atoms in total. The molecule has 1 heterocycles. The van der Waals surface area contributed by atoms with Crippen molar-refractivity contribution in [2.75, 3.05) is 26.4 Å². The summed E-state index contributed by atoms with van der Waals surface area (Å²) in [5.41, 5.74) is 0. The zero-order chi connectivity index (χ0) is 46.4. The van der Waals surface area contributed by atoms with Crippen LogP contribution >= 0.6 is 0 Å². The molecule has 364 valence electrons. The van der Waals surface area contributed by atoms with Crippen LogP contribution in [0, 0.1) is 0 Å². The third-order valence-electron chi connectivity index (χ3n) is 10.7. The Hall–Kier alpha value is -3.15. The number of aliphatic hydroxyl groups excluding tert-OH is 4. The van der Waals surface area contributed by atoms with Gasteiger partial charge in [0.25, 0.3) is 0 Å². The van der Waals surface area contributed by atoms with Gasteiger partial charge in [-0.25, -0.2) is 0 Å². The summed E-state index contributed by atoms with van der Waals surface area (Å²) in [5.74, 6) is -0.341. The maximum absolute atomic E-state index is 12.8. The third-order valence-corrected chi connectivity index (χ3v) is 10.7. The molecule has 0 spiro atoms. The molecule has 6 unspecified atom stereocenters. The van der Waals surface area contributed by atoms with Gasteiger partial charge in [0.15, 0.2) is 6.29 Å². The summed E-state index contributed by atoms with van der Waals surface area (Å²) in [5, 5.41) is 40.2. The van der Waals surface area contributed by atoms with Gasteiger partial charge in [-0.1, -0.05) is 175 Å². The lowest BCUT2D eigenvalue weighted by atomic mass is 9.99. The van der Waals surface area contributed by atoms with Gasteiger partial charge in [-0.15, -0.1) is 0 Å². The van der Waals surface area contributed by atoms with E-state index in [2.05, 4.69) is 123 Å². The van der Waals surface area contributed by atoms with E-state index in [0.29, 0.717) is 6.61 Å². The van der Waals surface area contributed by atoms with Crippen molar-refractivity contribution in [3.05, 3.63) is 109 Å². The van der Waals surface area contributed by atoms with Crippen molar-refractivity contribution in [1.29, 1.82) is 0 Å². The molecule has 4 N–H and O–H groups in total. The second-order valence-corrected chi connectivity index (χ2v) is 16.5. The van der Waals surface area contributed by atoms with E-state index in [1.165, 1.54) is 25.7 Å². The van der Waals surface area contributed by atoms with Gasteiger partial charge in [0.05, 0.1) is 19.8 Å². The van der Waals surface area contributed by atoms with Gasteiger partial charge in [-0.2, -0.15) is 0 Å². The number of unbranched alkanes of at least 4 members (excludes halogenated alkanes) is 12. The molecule has 0 amide bonds. The fraction of sp³-hybridized carbons (Fsp3) is 0.655. The van der Waals surface area contributed by atoms with Crippen LogP contribution in [0.4, 0.5) is 0 Å². The van der Waals surface area contributed by atoms with Gasteiger partial charge < -0.3 is 39.4 Å². The highest BCUT2D eigenvalue weighted by molar-refractivity contribution is 5.69. The Bertz CT molecular complexity index is 1340. The zero-order valence-corrected chi connectivity index (χ0v) is 40.0. The van der Waals surface area contributed by atoms with E-state index in [0.717, 1.165) is 122 Å². The lowest BCUT2D eigenvalue weighted by molar-refractivity contribution is -0.305. The van der Waals surface area contributed by atoms with Crippen LogP contribution in [0.1, 0.15) is 168 Å². The Morgan fingerprint density at radius 3 is 1.36 bits per heavy atom. The van der Waals surface area contributed by atoms with E-state index in [1.54, 1.807) is 0 Å². The SMILES string of the molecule is CC/C=C\C/C=C\C/C=C\C/C=C\C/C=C\CCCCCCCC(=O)OC(COCCCCCCCCC/C=C\C/C=C\C/C=C\C/C=C\CC)COC1OC(CO)C(O)C(O)C1O. The van der Waals surface area contributed by atoms with Crippen LogP contribution in [0.3, 0.4) is 0 Å². The molecule has 0 radical (unpaired) electrons. The molecular weight excluding hydrogens is 805 g/mol. The Balaban J connectivity index is 2.26. The summed E-state index contributed by atoms with van der Waals surface area (Å²) in [6.45, 7) is 4.26. The van der Waals surface area contributed by atoms with E-state index in [4.69, 9.17) is 18.9 Å². The van der Waals surface area contributed by atoms with Crippen molar-refractivity contribution in [3.8, 4) is 0 Å². The molecular formula is C55H90O9. The van der Waals surface area contributed by atoms with Crippen molar-refractivity contribution < 1.29 is 44.2 Å². The van der Waals surface area contributed by atoms with Gasteiger partial charge in [-0.3, -0.25) is 4.79 Å². The Morgan fingerprint density at radius 2 is 0.906 bits per heavy atom. The first kappa shape index (κ1) is 58.9. The number of hydrogen-bond donors (Lipinski definition) is 4. The lowest BCUT2D eigenvalue weighted by Crippen LogP contribution is -2.59. The summed E-state index contributed by atoms with van der Waals surface area (Å²) in [7, 11) is 0. The maximum Gasteiger partial charge on any atom is 0.306 e. The number of aliphatic hydroxyl groups is 4. The zero-order valence-electron chi connectivity index (χ0n) is 40.0. The van der Waals surface area contributed by atoms with Crippen LogP contribution < -0.4 is 0 Å². The molecule has 1 aliphatic rings. The quantitative estimate of drug-likeness (QED) is 0.0269. The molecule has 9 heteroatoms. The minimum Gasteiger partial charge on any atom is -0.457 e. The fourth-order valence-corrected chi connectivity index (χ4v) is 6.86. The molecule has 1 rings (SSSR count). The maximum atomic E-state index is 12.8. The summed E-state index contributed by atoms with van der Waals surface area (Å²) in [6, 6.07) is 0. The minimum atomic E-state index is -1.55. The number of hydrogen-bond acceptors (Lipinski definition) is 9. The molecule has 64 heavy (non-hydrogen) atoms. The topological polar surface area (TPSA) is 135 Å². The Labute approximate surface area is 389 Å². The van der Waals surface area contributed by atoms with Gasteiger partial charge in [0.2, 0.25) is 0 Å². The average molecular weight is 895 g/mol. The smallest absolute Gasteiger partial charge is 0.306 e. The monoisotopic (exact) mass is 895 g/mol. The standard InChI is InChI=1S/C55H90O9/c1-3-5-7-9-11-13-15-17-19-21-23-25-26-28-30-32-34-36-38-40-42-44-51(57)63-49(48-62-55-54(60)53(59)52(58)50(46-56)64-55)47-61-45-43-41-39-37-35-33-31-29-27-24-22-20-18-16-14-12-10-8-6-4-2/h5-8,11-14,17-20,23-25,27-28,30,49-50,52-56,58-60H,3-4,9-10,15-16,21-22,26,29,31-48H2,1-2H3/b7-5-,8-6-,13-11-,14-12-,19-17-,20-18-,25-23-,27-24-,30-28-. The molecule has 0 saturated carbocycles. The first-order valence-electron chi connectivity index (χ1n) is 25.0. The minimum absolute atomic E-state index is 0.121. The number of carbonyl (C=O) groups excluding carboxylic acids is 1. The van der Waals surface area contributed by atoms with Crippen LogP contribution in [0.15, 0.2) is 109 Å². The highest BCUT2D eigenvalue weighted by Crippen LogP contribution is 2.22. The van der Waals surface area contributed by atoms with Gasteiger partial charge in [0, 0.05) is 13.0 Å². The Kier molecular flexibility index (Phi) is 41.4. The van der Waals surface area contributed by atoms with Gasteiger partial charge >= 0.3 is 5.97 Å². The summed E-state index contributed by atoms with van der Waals surface area (Å²) < 4.78 is 22.9. The Morgan fingerprint density at radius 1 is 0.500 bits per heavy atom. The molecule has 0 aromatic rings. The van der Waals surface area contributed by atoms with Crippen LogP contribution in [0.2, 0.25) is 0 Å². The van der Waals surface area contributed by atoms with Crippen LogP contribution in [-0.4, -0.2) is 89.6 Å². The number of esters is 1. The van der Waals surface area contributed by atoms with Crippen LogP contribution in [0.25, 0.3) is 0 Å². The van der Waals surface area contributed by atoms with Crippen LogP contribution in [-0.2, 0) is 23.7 Å². The first-order chi connectivity index (χ1) is 31.4. The van der Waals surface area contributed by atoms with Crippen molar-refractivity contribution in [2.45, 2.75) is 205 Å². The summed E-state index contributed by atoms with van der Waals surface area (Å²) in [4.78, 5) is 12.8. The molecule has 0 aliphatic carbocycles. The molecule has 1 saturated heterocycles. The highest BCUT2D eigenvalue weighted by atomic mass is 16.7. The molecule has 0 aromatic heterocycles. The van der Waals surface area contributed by atoms with E-state index in [-0.39, 0.29) is 25.6 Å². The van der Waals surface area contributed by atoms with Crippen molar-refractivity contribution in [2.24, 2.45) is 0 Å². The predicted molar refractivity (Wildman–Crippen MR) is 265 cm³/mol. The molecule has 0 aromatic carbocycles. The number of rotatable bonds is 41. The number of ether oxygens (including phenoxy) is 4. The van der Waals surface area contributed by atoms with E-state index >= 15 is 0 Å². The second-order valence-electron chi connectivity index (χ2n) is 16.5.